The molecule has 1 rings (SSSR count). The lowest BCUT2D eigenvalue weighted by molar-refractivity contribution is 0.262. The molecule has 6 unspecified atom stereocenters. The molecule has 31 heavy (non-hydrogen) atoms. The van der Waals surface area contributed by atoms with Gasteiger partial charge in [0.25, 0.3) is 0 Å². The summed E-state index contributed by atoms with van der Waals surface area (Å²) < 4.78 is 14.5. The van der Waals surface area contributed by atoms with Crippen molar-refractivity contribution in [2.45, 2.75) is 57.9 Å². The Labute approximate surface area is 212 Å². The van der Waals surface area contributed by atoms with Gasteiger partial charge in [-0.25, -0.2) is 4.98 Å². The van der Waals surface area contributed by atoms with E-state index in [0.29, 0.717) is 0 Å². The van der Waals surface area contributed by atoms with Crippen LogP contribution in [0.1, 0.15) is 26.2 Å². The van der Waals surface area contributed by atoms with Crippen LogP contribution in [0.4, 0.5) is 0 Å². The Morgan fingerprint density at radius 3 is 2.10 bits per heavy atom. The van der Waals surface area contributed by atoms with Crippen LogP contribution < -0.4 is 0 Å². The molecule has 0 N–H and O–H groups in total. The fourth-order valence-electron chi connectivity index (χ4n) is 3.37. The standard InChI is InChI=1S/C16H41N3O2P6S2Si2/c1-4-20-30(2,26(22)23)14-6-11-18(9-5-10-19-13-8-17-16-19)12-7-15-31(3,21-29-28)27(24)25/h8,13,16,28H,4-7,9-12,14-15,22-25H2,1-3H3. The van der Waals surface area contributed by atoms with Gasteiger partial charge in [-0.15, -0.1) is 35.7 Å². The van der Waals surface area contributed by atoms with E-state index in [2.05, 4.69) is 81.8 Å². The number of hydrogen-bond acceptors (Lipinski definition) is 6. The van der Waals surface area contributed by atoms with Crippen molar-refractivity contribution >= 4 is 88.1 Å². The molecule has 1 aromatic rings. The van der Waals surface area contributed by atoms with Gasteiger partial charge in [0.15, 0.2) is 0 Å². The van der Waals surface area contributed by atoms with E-state index >= 15 is 0 Å². The monoisotopic (exact) mass is 613 g/mol. The number of rotatable bonds is 18. The number of imidazole rings is 1. The van der Waals surface area contributed by atoms with E-state index in [1.165, 1.54) is 36.0 Å². The topological polar surface area (TPSA) is 39.5 Å². The molecule has 0 saturated carbocycles. The lowest BCUT2D eigenvalue weighted by Crippen LogP contribution is -2.34. The maximum atomic E-state index is 6.26. The Hall–Kier alpha value is 2.80. The van der Waals surface area contributed by atoms with Crippen LogP contribution >= 0.6 is 72.1 Å². The van der Waals surface area contributed by atoms with Crippen molar-refractivity contribution in [3.8, 4) is 0 Å². The van der Waals surface area contributed by atoms with Crippen molar-refractivity contribution in [1.82, 2.24) is 14.5 Å². The Bertz CT molecular complexity index is 570. The molecule has 0 aliphatic rings. The molecular weight excluding hydrogens is 572 g/mol. The van der Waals surface area contributed by atoms with Gasteiger partial charge >= 0.3 is 0 Å². The molecule has 6 atom stereocenters. The number of aromatic nitrogens is 2. The summed E-state index contributed by atoms with van der Waals surface area (Å²) in [6, 6.07) is 2.40. The predicted molar refractivity (Wildman–Crippen MR) is 167 cm³/mol. The molecule has 5 nitrogen and oxygen atoms in total. The molecule has 0 fully saturated rings. The highest BCUT2D eigenvalue weighted by atomic mass is 33.1. The molecule has 15 heteroatoms. The highest BCUT2D eigenvalue weighted by Gasteiger charge is 2.35. The zero-order valence-corrected chi connectivity index (χ0v) is 29.1. The van der Waals surface area contributed by atoms with Crippen LogP contribution in [0.25, 0.3) is 0 Å². The minimum atomic E-state index is -1.73. The third-order valence-electron chi connectivity index (χ3n) is 5.44. The Morgan fingerprint density at radius 1 is 1.03 bits per heavy atom. The zero-order valence-electron chi connectivity index (χ0n) is 19.0. The van der Waals surface area contributed by atoms with Crippen LogP contribution in [0, 0.1) is 0 Å². The van der Waals surface area contributed by atoms with Crippen molar-refractivity contribution in [2.75, 3.05) is 26.2 Å². The van der Waals surface area contributed by atoms with Crippen molar-refractivity contribution < 1.29 is 8.30 Å². The summed E-state index contributed by atoms with van der Waals surface area (Å²) in [7, 11) is 8.64. The molecule has 0 bridgehead atoms. The van der Waals surface area contributed by atoms with Gasteiger partial charge in [0.05, 0.1) is 6.33 Å². The lowest BCUT2D eigenvalue weighted by atomic mass is 10.3. The number of nitrogens with zero attached hydrogens (tertiary/aromatic N) is 3. The van der Waals surface area contributed by atoms with E-state index < -0.39 is 16.0 Å². The second kappa shape index (κ2) is 17.3. The average Bonchev–Trinajstić information content (AvgIpc) is 3.21. The van der Waals surface area contributed by atoms with E-state index in [-0.39, 0.29) is 13.7 Å². The van der Waals surface area contributed by atoms with E-state index in [1.807, 2.05) is 18.7 Å². The van der Waals surface area contributed by atoms with Crippen molar-refractivity contribution in [1.29, 1.82) is 0 Å². The normalized spacial score (nSPS) is 16.2. The van der Waals surface area contributed by atoms with Gasteiger partial charge < -0.3 is 17.8 Å². The Morgan fingerprint density at radius 2 is 1.61 bits per heavy atom. The first-order valence-corrected chi connectivity index (χ1v) is 28.4. The molecule has 0 aromatic carbocycles. The minimum Gasteiger partial charge on any atom is -0.412 e. The minimum absolute atomic E-state index is 0.158. The molecule has 182 valence electrons. The predicted octanol–water partition coefficient (Wildman–Crippen LogP) is 7.17. The van der Waals surface area contributed by atoms with Crippen LogP contribution in [0.5, 0.6) is 0 Å². The third kappa shape index (κ3) is 12.5. The summed E-state index contributed by atoms with van der Waals surface area (Å²) in [6.07, 6.45) is 9.36. The van der Waals surface area contributed by atoms with Gasteiger partial charge in [0, 0.05) is 36.6 Å². The van der Waals surface area contributed by atoms with Crippen molar-refractivity contribution in [2.24, 2.45) is 0 Å². The van der Waals surface area contributed by atoms with Crippen LogP contribution in [-0.2, 0) is 14.8 Å². The summed E-state index contributed by atoms with van der Waals surface area (Å²) in [5, 5.41) is 0. The van der Waals surface area contributed by atoms with Crippen LogP contribution in [0.3, 0.4) is 0 Å². The van der Waals surface area contributed by atoms with E-state index in [9.17, 15) is 0 Å². The Kier molecular flexibility index (Phi) is 17.8. The molecule has 1 aromatic heterocycles. The number of hydrogen-bond donors (Lipinski definition) is 1. The van der Waals surface area contributed by atoms with Crippen LogP contribution in [0.15, 0.2) is 18.7 Å². The molecule has 1 heterocycles. The van der Waals surface area contributed by atoms with E-state index in [1.54, 1.807) is 0 Å². The maximum Gasteiger partial charge on any atom is 0.241 e. The number of thiol groups is 1. The van der Waals surface area contributed by atoms with Gasteiger partial charge in [0.1, 0.15) is 0 Å². The molecule has 0 amide bonds. The summed E-state index contributed by atoms with van der Waals surface area (Å²) in [4.78, 5) is 6.81. The first kappa shape index (κ1) is 31.8. The quantitative estimate of drug-likeness (QED) is 0.0625. The summed E-state index contributed by atoms with van der Waals surface area (Å²) >= 11 is 5.49. The summed E-state index contributed by atoms with van der Waals surface area (Å²) in [5.74, 6) is 0. The molecular formula is C16H41N3O2P6S2Si2. The van der Waals surface area contributed by atoms with Gasteiger partial charge in [-0.05, 0) is 71.0 Å². The average molecular weight is 614 g/mol. The highest BCUT2D eigenvalue weighted by molar-refractivity contribution is 8.67. The Balaban J connectivity index is 2.60. The van der Waals surface area contributed by atoms with Crippen LogP contribution in [0.2, 0.25) is 25.2 Å². The van der Waals surface area contributed by atoms with Gasteiger partial charge in [-0.2, -0.15) is 0 Å². The molecule has 0 aliphatic heterocycles. The second-order valence-corrected chi connectivity index (χ2v) is 42.1. The van der Waals surface area contributed by atoms with Crippen molar-refractivity contribution in [3.63, 3.8) is 0 Å². The van der Waals surface area contributed by atoms with E-state index in [4.69, 9.17) is 8.30 Å². The third-order valence-corrected chi connectivity index (χ3v) is 42.1. The number of aryl methyl sites for hydroxylation is 1. The molecule has 0 radical (unpaired) electrons. The smallest absolute Gasteiger partial charge is 0.241 e. The first-order chi connectivity index (χ1) is 14.7. The summed E-state index contributed by atoms with van der Waals surface area (Å²) in [6.45, 7) is 11.7. The zero-order chi connectivity index (χ0) is 23.3. The van der Waals surface area contributed by atoms with Crippen LogP contribution in [-0.4, -0.2) is 56.7 Å². The summed E-state index contributed by atoms with van der Waals surface area (Å²) in [5.41, 5.74) is 0. The molecule has 0 spiro atoms. The SMILES string of the molecule is CCO[Si](C)(CCCN(CCCn1ccnc1)CCC[Si](C)(OSS)P(P)P)P(P)P. The maximum absolute atomic E-state index is 6.26. The fraction of sp³-hybridized carbons (Fsp3) is 0.812. The highest BCUT2D eigenvalue weighted by Crippen LogP contribution is 2.64. The molecule has 0 aliphatic carbocycles. The van der Waals surface area contributed by atoms with Crippen molar-refractivity contribution in [3.05, 3.63) is 18.7 Å². The largest absolute Gasteiger partial charge is 0.412 e. The fourth-order valence-corrected chi connectivity index (χ4v) is 22.5. The lowest BCUT2D eigenvalue weighted by Gasteiger charge is -2.32. The first-order valence-electron chi connectivity index (χ1n) is 10.6. The van der Waals surface area contributed by atoms with E-state index in [0.717, 1.165) is 39.2 Å². The van der Waals surface area contributed by atoms with Gasteiger partial charge in [0.2, 0.25) is 16.0 Å². The second-order valence-electron chi connectivity index (χ2n) is 7.96. The molecule has 0 saturated heterocycles. The van der Waals surface area contributed by atoms with Gasteiger partial charge in [-0.3, -0.25) is 0 Å². The van der Waals surface area contributed by atoms with Gasteiger partial charge in [-0.1, -0.05) is 25.4 Å².